The summed E-state index contributed by atoms with van der Waals surface area (Å²) >= 11 is 0. The topological polar surface area (TPSA) is 19.0 Å². The molecule has 4 rings (SSSR count). The van der Waals surface area contributed by atoms with Crippen molar-refractivity contribution in [3.05, 3.63) is 77.5 Å². The maximum Gasteiger partial charge on any atom is 0.0461 e. The summed E-state index contributed by atoms with van der Waals surface area (Å²) in [6.07, 6.45) is 10.9. The van der Waals surface area contributed by atoms with Crippen LogP contribution >= 0.6 is 0 Å². The van der Waals surface area contributed by atoms with Gasteiger partial charge in [-0.05, 0) is 62.5 Å². The fourth-order valence-electron chi connectivity index (χ4n) is 4.93. The molecule has 0 saturated heterocycles. The molecule has 1 aromatic heterocycles. The molecule has 0 fully saturated rings. The smallest absolute Gasteiger partial charge is 0.0461 e. The number of nitrogens with one attached hydrogen (secondary N) is 1. The van der Waals surface area contributed by atoms with E-state index in [1.54, 1.807) is 0 Å². The Hall–Kier alpha value is -2.32. The zero-order chi connectivity index (χ0) is 20.3. The molecule has 0 spiro atoms. The van der Waals surface area contributed by atoms with Crippen LogP contribution in [0.1, 0.15) is 62.3 Å². The van der Waals surface area contributed by atoms with E-state index in [1.165, 1.54) is 59.0 Å². The number of benzene rings is 2. The number of nitrogens with zero attached hydrogens (tertiary/aromatic N) is 1. The van der Waals surface area contributed by atoms with Gasteiger partial charge in [-0.25, -0.2) is 0 Å². The van der Waals surface area contributed by atoms with Crippen molar-refractivity contribution in [2.45, 2.75) is 57.4 Å². The van der Waals surface area contributed by atoms with Gasteiger partial charge in [0.2, 0.25) is 0 Å². The second-order valence-corrected chi connectivity index (χ2v) is 8.84. The first-order valence-corrected chi connectivity index (χ1v) is 11.1. The van der Waals surface area contributed by atoms with Gasteiger partial charge in [-0.15, -0.1) is 0 Å². The molecule has 152 valence electrons. The number of aromatic amines is 1. The highest BCUT2D eigenvalue weighted by Crippen LogP contribution is 2.41. The van der Waals surface area contributed by atoms with Gasteiger partial charge in [0, 0.05) is 28.6 Å². The van der Waals surface area contributed by atoms with E-state index in [0.29, 0.717) is 5.54 Å². The van der Waals surface area contributed by atoms with Gasteiger partial charge in [-0.1, -0.05) is 74.4 Å². The van der Waals surface area contributed by atoms with Gasteiger partial charge in [0.25, 0.3) is 0 Å². The second kappa shape index (κ2) is 8.59. The van der Waals surface area contributed by atoms with Crippen molar-refractivity contribution in [1.82, 2.24) is 9.88 Å². The number of unbranched alkanes of at least 4 members (excludes halogenated alkanes) is 1. The molecule has 1 heterocycles. The summed E-state index contributed by atoms with van der Waals surface area (Å²) in [7, 11) is 4.52. The molecule has 29 heavy (non-hydrogen) atoms. The summed E-state index contributed by atoms with van der Waals surface area (Å²) in [5.41, 5.74) is 7.26. The highest BCUT2D eigenvalue weighted by molar-refractivity contribution is 5.89. The van der Waals surface area contributed by atoms with Crippen molar-refractivity contribution in [2.24, 2.45) is 0 Å². The predicted molar refractivity (Wildman–Crippen MR) is 125 cm³/mol. The first kappa shape index (κ1) is 20.0. The summed E-state index contributed by atoms with van der Waals surface area (Å²) in [6, 6.07) is 19.6. The highest BCUT2D eigenvalue weighted by atomic mass is 15.1. The Balaban J connectivity index is 1.70. The maximum atomic E-state index is 3.77. The largest absolute Gasteiger partial charge is 0.355 e. The molecule has 1 unspecified atom stereocenters. The molecule has 2 aromatic carbocycles. The Morgan fingerprint density at radius 2 is 1.76 bits per heavy atom. The van der Waals surface area contributed by atoms with E-state index in [2.05, 4.69) is 91.6 Å². The number of aromatic nitrogens is 1. The van der Waals surface area contributed by atoms with E-state index in [0.717, 1.165) is 19.3 Å². The minimum atomic E-state index is 0.325. The Morgan fingerprint density at radius 1 is 1.00 bits per heavy atom. The molecule has 1 atom stereocenters. The summed E-state index contributed by atoms with van der Waals surface area (Å²) in [6.45, 7) is 2.30. The van der Waals surface area contributed by atoms with Crippen molar-refractivity contribution in [3.63, 3.8) is 0 Å². The normalized spacial score (nSPS) is 19.7. The molecule has 0 amide bonds. The Morgan fingerprint density at radius 3 is 2.45 bits per heavy atom. The molecule has 1 aliphatic carbocycles. The van der Waals surface area contributed by atoms with Gasteiger partial charge < -0.3 is 9.88 Å². The van der Waals surface area contributed by atoms with Gasteiger partial charge in [-0.3, -0.25) is 0 Å². The molecule has 0 aliphatic heterocycles. The minimum Gasteiger partial charge on any atom is -0.355 e. The molecule has 0 bridgehead atoms. The molecule has 1 N–H and O–H groups in total. The summed E-state index contributed by atoms with van der Waals surface area (Å²) < 4.78 is 0. The van der Waals surface area contributed by atoms with E-state index in [1.807, 2.05) is 0 Å². The number of fused-ring (bicyclic) bond motifs is 1. The molecular weight excluding hydrogens is 352 g/mol. The predicted octanol–water partition coefficient (Wildman–Crippen LogP) is 6.82. The Kier molecular flexibility index (Phi) is 5.91. The van der Waals surface area contributed by atoms with Crippen LogP contribution < -0.4 is 0 Å². The van der Waals surface area contributed by atoms with Crippen LogP contribution in [0, 0.1) is 0 Å². The lowest BCUT2D eigenvalue weighted by atomic mass is 9.77. The van der Waals surface area contributed by atoms with Crippen molar-refractivity contribution in [2.75, 3.05) is 14.1 Å². The lowest BCUT2D eigenvalue weighted by Crippen LogP contribution is -2.45. The summed E-state index contributed by atoms with van der Waals surface area (Å²) in [5, 5.41) is 1.36. The minimum absolute atomic E-state index is 0.325. The van der Waals surface area contributed by atoms with E-state index in [9.17, 15) is 0 Å². The number of rotatable bonds is 7. The number of hydrogen-bond acceptors (Lipinski definition) is 1. The summed E-state index contributed by atoms with van der Waals surface area (Å²) in [5.74, 6) is 0. The highest BCUT2D eigenvalue weighted by Gasteiger charge is 2.34. The summed E-state index contributed by atoms with van der Waals surface area (Å²) in [4.78, 5) is 6.25. The third-order valence-corrected chi connectivity index (χ3v) is 6.89. The van der Waals surface area contributed by atoms with Crippen molar-refractivity contribution >= 4 is 16.5 Å². The van der Waals surface area contributed by atoms with Crippen LogP contribution in [-0.2, 0) is 6.42 Å². The average molecular weight is 387 g/mol. The van der Waals surface area contributed by atoms with Crippen molar-refractivity contribution in [1.29, 1.82) is 0 Å². The standard InChI is InChI=1S/C27H34N2/c1-4-5-17-27(29(2)3)18-15-22(16-19-27)26-24(20-21-11-7-6-8-12-21)23-13-9-10-14-25(23)28-26/h6-15,28H,4-5,16-20H2,1-3H3. The van der Waals surface area contributed by atoms with Crippen LogP contribution in [0.3, 0.4) is 0 Å². The molecule has 0 saturated carbocycles. The zero-order valence-electron chi connectivity index (χ0n) is 18.2. The third-order valence-electron chi connectivity index (χ3n) is 6.89. The van der Waals surface area contributed by atoms with Crippen LogP contribution in [0.25, 0.3) is 16.5 Å². The van der Waals surface area contributed by atoms with Crippen molar-refractivity contribution < 1.29 is 0 Å². The van der Waals surface area contributed by atoms with E-state index in [4.69, 9.17) is 0 Å². The van der Waals surface area contributed by atoms with Gasteiger partial charge >= 0.3 is 0 Å². The molecular formula is C27H34N2. The van der Waals surface area contributed by atoms with Gasteiger partial charge in [0.1, 0.15) is 0 Å². The molecule has 0 radical (unpaired) electrons. The quantitative estimate of drug-likeness (QED) is 0.472. The molecule has 3 aromatic rings. The first-order chi connectivity index (χ1) is 14.1. The number of hydrogen-bond donors (Lipinski definition) is 1. The number of para-hydroxylation sites is 1. The van der Waals surface area contributed by atoms with Gasteiger partial charge in [0.05, 0.1) is 0 Å². The lowest BCUT2D eigenvalue weighted by Gasteiger charge is -2.42. The Labute approximate surface area is 175 Å². The average Bonchev–Trinajstić information content (AvgIpc) is 3.11. The van der Waals surface area contributed by atoms with Gasteiger partial charge in [0.15, 0.2) is 0 Å². The van der Waals surface area contributed by atoms with Crippen LogP contribution in [0.5, 0.6) is 0 Å². The molecule has 2 nitrogen and oxygen atoms in total. The monoisotopic (exact) mass is 386 g/mol. The van der Waals surface area contributed by atoms with Crippen molar-refractivity contribution in [3.8, 4) is 0 Å². The van der Waals surface area contributed by atoms with Crippen LogP contribution in [0.15, 0.2) is 60.7 Å². The number of allylic oxidation sites excluding steroid dienone is 1. The first-order valence-electron chi connectivity index (χ1n) is 11.1. The van der Waals surface area contributed by atoms with E-state index < -0.39 is 0 Å². The van der Waals surface area contributed by atoms with E-state index >= 15 is 0 Å². The SMILES string of the molecule is CCCCC1(N(C)C)CC=C(c2[nH]c3ccccc3c2Cc2ccccc2)CC1. The second-order valence-electron chi connectivity index (χ2n) is 8.84. The molecule has 2 heteroatoms. The molecule has 1 aliphatic rings. The fourth-order valence-corrected chi connectivity index (χ4v) is 4.93. The third kappa shape index (κ3) is 4.04. The number of H-pyrrole nitrogens is 1. The van der Waals surface area contributed by atoms with Crippen LogP contribution in [0.4, 0.5) is 0 Å². The zero-order valence-corrected chi connectivity index (χ0v) is 18.2. The van der Waals surface area contributed by atoms with E-state index in [-0.39, 0.29) is 0 Å². The van der Waals surface area contributed by atoms with Gasteiger partial charge in [-0.2, -0.15) is 0 Å². The fraction of sp³-hybridized carbons (Fsp3) is 0.407. The lowest BCUT2D eigenvalue weighted by molar-refractivity contribution is 0.124. The Bertz CT molecular complexity index is 980. The van der Waals surface area contributed by atoms with Crippen LogP contribution in [0.2, 0.25) is 0 Å². The maximum absolute atomic E-state index is 3.77. The van der Waals surface area contributed by atoms with Crippen LogP contribution in [-0.4, -0.2) is 29.5 Å².